The number of morpholine rings is 1. The standard InChI is InChI=1S/C21H21N3O4S/c1-13-10-24(11-14(2)28-13)21(26)15-6-3-4-7-16(15)22-19(25)17-12-29-20(23-17)18-8-5-9-27-18/h3-9,12-14H,10-11H2,1-2H3,(H,22,25)/t13-,14-/m1/s1. The van der Waals surface area contributed by atoms with E-state index >= 15 is 0 Å². The molecule has 0 radical (unpaired) electrons. The number of carbonyl (C=O) groups excluding carboxylic acids is 2. The molecule has 1 fully saturated rings. The van der Waals surface area contributed by atoms with Gasteiger partial charge in [-0.05, 0) is 38.1 Å². The normalized spacial score (nSPS) is 19.2. The number of carbonyl (C=O) groups is 2. The van der Waals surface area contributed by atoms with Crippen molar-refractivity contribution in [1.82, 2.24) is 9.88 Å². The molecule has 2 aromatic heterocycles. The minimum absolute atomic E-state index is 0.0283. The minimum Gasteiger partial charge on any atom is -0.462 e. The van der Waals surface area contributed by atoms with Crippen molar-refractivity contribution in [2.24, 2.45) is 0 Å². The molecule has 0 saturated carbocycles. The predicted octanol–water partition coefficient (Wildman–Crippen LogP) is 3.90. The van der Waals surface area contributed by atoms with Crippen LogP contribution in [0.1, 0.15) is 34.7 Å². The molecular weight excluding hydrogens is 390 g/mol. The van der Waals surface area contributed by atoms with Crippen LogP contribution in [0.15, 0.2) is 52.5 Å². The number of nitrogens with one attached hydrogen (secondary N) is 1. The van der Waals surface area contributed by atoms with Crippen LogP contribution in [-0.4, -0.2) is 47.0 Å². The van der Waals surface area contributed by atoms with Crippen LogP contribution in [0.4, 0.5) is 5.69 Å². The summed E-state index contributed by atoms with van der Waals surface area (Å²) in [6.07, 6.45) is 1.50. The smallest absolute Gasteiger partial charge is 0.275 e. The lowest BCUT2D eigenvalue weighted by molar-refractivity contribution is -0.0585. The van der Waals surface area contributed by atoms with E-state index in [1.54, 1.807) is 52.9 Å². The van der Waals surface area contributed by atoms with Crippen molar-refractivity contribution >= 4 is 28.8 Å². The van der Waals surface area contributed by atoms with Crippen molar-refractivity contribution in [2.45, 2.75) is 26.1 Å². The van der Waals surface area contributed by atoms with Crippen LogP contribution < -0.4 is 5.32 Å². The highest BCUT2D eigenvalue weighted by molar-refractivity contribution is 7.13. The number of amides is 2. The number of benzene rings is 1. The Morgan fingerprint density at radius 3 is 2.62 bits per heavy atom. The van der Waals surface area contributed by atoms with Crippen molar-refractivity contribution in [3.8, 4) is 10.8 Å². The van der Waals surface area contributed by atoms with Crippen molar-refractivity contribution in [2.75, 3.05) is 18.4 Å². The van der Waals surface area contributed by atoms with E-state index in [0.29, 0.717) is 35.1 Å². The van der Waals surface area contributed by atoms with Gasteiger partial charge in [-0.2, -0.15) is 0 Å². The third-order valence-corrected chi connectivity index (χ3v) is 5.44. The third-order valence-electron chi connectivity index (χ3n) is 4.58. The Bertz CT molecular complexity index is 1000. The maximum absolute atomic E-state index is 13.1. The molecule has 1 saturated heterocycles. The lowest BCUT2D eigenvalue weighted by Gasteiger charge is -2.35. The van der Waals surface area contributed by atoms with Crippen LogP contribution in [0.2, 0.25) is 0 Å². The summed E-state index contributed by atoms with van der Waals surface area (Å²) < 4.78 is 11.0. The highest BCUT2D eigenvalue weighted by Gasteiger charge is 2.28. The topological polar surface area (TPSA) is 84.7 Å². The summed E-state index contributed by atoms with van der Waals surface area (Å²) >= 11 is 1.33. The first kappa shape index (κ1) is 19.4. The van der Waals surface area contributed by atoms with E-state index in [-0.39, 0.29) is 29.7 Å². The molecule has 1 aliphatic heterocycles. The molecule has 2 amide bonds. The van der Waals surface area contributed by atoms with E-state index in [2.05, 4.69) is 10.3 Å². The summed E-state index contributed by atoms with van der Waals surface area (Å²) in [6, 6.07) is 10.6. The molecule has 1 N–H and O–H groups in total. The molecule has 2 atom stereocenters. The number of nitrogens with zero attached hydrogens (tertiary/aromatic N) is 2. The first-order valence-corrected chi connectivity index (χ1v) is 10.2. The summed E-state index contributed by atoms with van der Waals surface area (Å²) in [7, 11) is 0. The van der Waals surface area contributed by atoms with Gasteiger partial charge in [0, 0.05) is 18.5 Å². The molecule has 150 valence electrons. The number of rotatable bonds is 4. The van der Waals surface area contributed by atoms with Gasteiger partial charge >= 0.3 is 0 Å². The van der Waals surface area contributed by atoms with Gasteiger partial charge in [0.05, 0.1) is 29.7 Å². The van der Waals surface area contributed by atoms with E-state index in [9.17, 15) is 9.59 Å². The predicted molar refractivity (Wildman–Crippen MR) is 110 cm³/mol. The van der Waals surface area contributed by atoms with Crippen LogP contribution in [0.25, 0.3) is 10.8 Å². The van der Waals surface area contributed by atoms with Gasteiger partial charge in [-0.15, -0.1) is 11.3 Å². The molecule has 3 aromatic rings. The number of ether oxygens (including phenoxy) is 1. The molecule has 7 nitrogen and oxygen atoms in total. The number of hydrogen-bond donors (Lipinski definition) is 1. The highest BCUT2D eigenvalue weighted by atomic mass is 32.1. The second-order valence-electron chi connectivity index (χ2n) is 6.98. The van der Waals surface area contributed by atoms with Crippen LogP contribution in [0.5, 0.6) is 0 Å². The van der Waals surface area contributed by atoms with Gasteiger partial charge in [-0.1, -0.05) is 12.1 Å². The molecule has 1 aliphatic rings. The molecule has 0 spiro atoms. The molecule has 8 heteroatoms. The Labute approximate surface area is 172 Å². The maximum atomic E-state index is 13.1. The Kier molecular flexibility index (Phi) is 5.46. The second kappa shape index (κ2) is 8.18. The van der Waals surface area contributed by atoms with Gasteiger partial charge in [0.2, 0.25) is 0 Å². The van der Waals surface area contributed by atoms with E-state index in [1.165, 1.54) is 11.3 Å². The first-order valence-electron chi connectivity index (χ1n) is 9.36. The Morgan fingerprint density at radius 2 is 1.90 bits per heavy atom. The second-order valence-corrected chi connectivity index (χ2v) is 7.84. The number of hydrogen-bond acceptors (Lipinski definition) is 6. The van der Waals surface area contributed by atoms with Gasteiger partial charge in [0.15, 0.2) is 10.8 Å². The molecule has 0 unspecified atom stereocenters. The largest absolute Gasteiger partial charge is 0.462 e. The van der Waals surface area contributed by atoms with Crippen LogP contribution in [-0.2, 0) is 4.74 Å². The van der Waals surface area contributed by atoms with Crippen LogP contribution >= 0.6 is 11.3 Å². The van der Waals surface area contributed by atoms with E-state index in [1.807, 2.05) is 13.8 Å². The number of aromatic nitrogens is 1. The number of para-hydroxylation sites is 1. The molecule has 29 heavy (non-hydrogen) atoms. The van der Waals surface area contributed by atoms with Crippen molar-refractivity contribution in [3.63, 3.8) is 0 Å². The van der Waals surface area contributed by atoms with Gasteiger partial charge in [-0.3, -0.25) is 9.59 Å². The summed E-state index contributed by atoms with van der Waals surface area (Å²) in [4.78, 5) is 31.9. The van der Waals surface area contributed by atoms with E-state index in [4.69, 9.17) is 9.15 Å². The lowest BCUT2D eigenvalue weighted by atomic mass is 10.1. The quantitative estimate of drug-likeness (QED) is 0.704. The molecular formula is C21H21N3O4S. The lowest BCUT2D eigenvalue weighted by Crippen LogP contribution is -2.48. The number of anilines is 1. The zero-order valence-corrected chi connectivity index (χ0v) is 16.9. The fraction of sp³-hybridized carbons (Fsp3) is 0.286. The Balaban J connectivity index is 1.52. The van der Waals surface area contributed by atoms with Gasteiger partial charge < -0.3 is 19.4 Å². The van der Waals surface area contributed by atoms with Crippen molar-refractivity contribution in [3.05, 3.63) is 59.3 Å². The number of thiazole rings is 1. The minimum atomic E-state index is -0.372. The zero-order valence-electron chi connectivity index (χ0n) is 16.1. The average Bonchev–Trinajstić information content (AvgIpc) is 3.39. The SMILES string of the molecule is C[C@@H]1CN(C(=O)c2ccccc2NC(=O)c2csc(-c3ccco3)n2)C[C@@H](C)O1. The fourth-order valence-corrected chi connectivity index (χ4v) is 4.14. The third kappa shape index (κ3) is 4.23. The van der Waals surface area contributed by atoms with Gasteiger partial charge in [0.1, 0.15) is 5.69 Å². The highest BCUT2D eigenvalue weighted by Crippen LogP contribution is 2.25. The average molecular weight is 411 g/mol. The number of furan rings is 1. The summed E-state index contributed by atoms with van der Waals surface area (Å²) in [6.45, 7) is 4.93. The summed E-state index contributed by atoms with van der Waals surface area (Å²) in [5.41, 5.74) is 1.18. The Hall–Kier alpha value is -2.97. The fourth-order valence-electron chi connectivity index (χ4n) is 3.37. The zero-order chi connectivity index (χ0) is 20.4. The van der Waals surface area contributed by atoms with Gasteiger partial charge in [0.25, 0.3) is 11.8 Å². The van der Waals surface area contributed by atoms with Crippen LogP contribution in [0.3, 0.4) is 0 Å². The first-order chi connectivity index (χ1) is 14.0. The van der Waals surface area contributed by atoms with Gasteiger partial charge in [-0.25, -0.2) is 4.98 Å². The van der Waals surface area contributed by atoms with Crippen molar-refractivity contribution < 1.29 is 18.7 Å². The molecule has 0 bridgehead atoms. The molecule has 1 aromatic carbocycles. The molecule has 0 aliphatic carbocycles. The summed E-state index contributed by atoms with van der Waals surface area (Å²) in [5.74, 6) is 0.112. The monoisotopic (exact) mass is 411 g/mol. The molecule has 3 heterocycles. The van der Waals surface area contributed by atoms with Crippen LogP contribution in [0, 0.1) is 0 Å². The maximum Gasteiger partial charge on any atom is 0.275 e. The molecule has 4 rings (SSSR count). The Morgan fingerprint density at radius 1 is 1.14 bits per heavy atom. The summed E-state index contributed by atoms with van der Waals surface area (Å²) in [5, 5.41) is 5.12. The van der Waals surface area contributed by atoms with E-state index in [0.717, 1.165) is 0 Å². The van der Waals surface area contributed by atoms with Crippen molar-refractivity contribution in [1.29, 1.82) is 0 Å². The van der Waals surface area contributed by atoms with E-state index < -0.39 is 0 Å².